The number of hydrogen-bond donors (Lipinski definition) is 1. The summed E-state index contributed by atoms with van der Waals surface area (Å²) < 4.78 is 0. The van der Waals surface area contributed by atoms with Gasteiger partial charge in [0.05, 0.1) is 0 Å². The van der Waals surface area contributed by atoms with Crippen molar-refractivity contribution in [2.45, 2.75) is 0 Å². The van der Waals surface area contributed by atoms with E-state index in [-0.39, 0.29) is 0 Å². The third kappa shape index (κ3) is 2.36. The summed E-state index contributed by atoms with van der Waals surface area (Å²) in [6.07, 6.45) is 0. The van der Waals surface area contributed by atoms with Gasteiger partial charge in [-0.05, 0) is 12.1 Å². The van der Waals surface area contributed by atoms with Crippen LogP contribution in [-0.2, 0) is 0 Å². The molecule has 1 aromatic heterocycles. The zero-order valence-corrected chi connectivity index (χ0v) is 9.27. The Bertz CT molecular complexity index is 302. The van der Waals surface area contributed by atoms with Crippen LogP contribution in [0.1, 0.15) is 0 Å². The first kappa shape index (κ1) is 10.2. The maximum Gasteiger partial charge on any atom is 0.151 e. The average molecular weight is 207 g/mol. The van der Waals surface area contributed by atoms with E-state index in [2.05, 4.69) is 20.4 Å². The molecule has 5 heteroatoms. The predicted molar refractivity (Wildman–Crippen MR) is 61.4 cm³/mol. The second-order valence-corrected chi connectivity index (χ2v) is 3.88. The fourth-order valence-electron chi connectivity index (χ4n) is 1.62. The lowest BCUT2D eigenvalue weighted by Gasteiger charge is -2.28. The molecule has 5 nitrogen and oxygen atoms in total. The highest BCUT2D eigenvalue weighted by Gasteiger charge is 2.11. The Balaban J connectivity index is 2.08. The molecule has 0 aromatic carbocycles. The molecule has 0 atom stereocenters. The van der Waals surface area contributed by atoms with E-state index in [1.807, 2.05) is 31.1 Å². The lowest BCUT2D eigenvalue weighted by molar-refractivity contribution is 0.582. The quantitative estimate of drug-likeness (QED) is 0.737. The molecule has 82 valence electrons. The molecule has 0 aliphatic carbocycles. The summed E-state index contributed by atoms with van der Waals surface area (Å²) in [7, 11) is 3.93. The van der Waals surface area contributed by atoms with Gasteiger partial charge in [0.2, 0.25) is 0 Å². The first-order valence-corrected chi connectivity index (χ1v) is 5.24. The highest BCUT2D eigenvalue weighted by atomic mass is 15.3. The zero-order chi connectivity index (χ0) is 10.7. The molecule has 2 heterocycles. The molecule has 1 saturated heterocycles. The first-order valence-electron chi connectivity index (χ1n) is 5.24. The number of nitrogens with zero attached hydrogens (tertiary/aromatic N) is 4. The number of rotatable bonds is 2. The van der Waals surface area contributed by atoms with E-state index in [4.69, 9.17) is 0 Å². The second-order valence-electron chi connectivity index (χ2n) is 3.88. The van der Waals surface area contributed by atoms with Crippen LogP contribution >= 0.6 is 0 Å². The van der Waals surface area contributed by atoms with Gasteiger partial charge in [-0.2, -0.15) is 0 Å². The monoisotopic (exact) mass is 207 g/mol. The minimum absolute atomic E-state index is 0.897. The van der Waals surface area contributed by atoms with Gasteiger partial charge in [-0.15, -0.1) is 10.2 Å². The van der Waals surface area contributed by atoms with Gasteiger partial charge >= 0.3 is 0 Å². The average Bonchev–Trinajstić information content (AvgIpc) is 2.30. The largest absolute Gasteiger partial charge is 0.361 e. The van der Waals surface area contributed by atoms with E-state index in [9.17, 15) is 0 Å². The van der Waals surface area contributed by atoms with E-state index in [0.717, 1.165) is 37.8 Å². The maximum absolute atomic E-state index is 4.23. The Hall–Kier alpha value is -1.36. The van der Waals surface area contributed by atoms with Crippen LogP contribution in [0.25, 0.3) is 0 Å². The molecule has 1 aliphatic rings. The molecule has 1 aromatic rings. The number of hydrogen-bond acceptors (Lipinski definition) is 5. The Kier molecular flexibility index (Phi) is 3.01. The number of piperazine rings is 1. The molecule has 2 rings (SSSR count). The molecular formula is C10H17N5. The van der Waals surface area contributed by atoms with Crippen molar-refractivity contribution in [3.05, 3.63) is 12.1 Å². The van der Waals surface area contributed by atoms with Crippen LogP contribution in [0.5, 0.6) is 0 Å². The minimum atomic E-state index is 0.897. The maximum atomic E-state index is 4.23. The zero-order valence-electron chi connectivity index (χ0n) is 9.27. The summed E-state index contributed by atoms with van der Waals surface area (Å²) in [5.74, 6) is 1.87. The summed E-state index contributed by atoms with van der Waals surface area (Å²) in [6.45, 7) is 4.07. The number of nitrogens with one attached hydrogen (secondary N) is 1. The predicted octanol–water partition coefficient (Wildman–Crippen LogP) is -0.0478. The summed E-state index contributed by atoms with van der Waals surface area (Å²) in [4.78, 5) is 4.21. The summed E-state index contributed by atoms with van der Waals surface area (Å²) in [5, 5.41) is 11.7. The Morgan fingerprint density at radius 2 is 1.93 bits per heavy atom. The molecule has 1 aliphatic heterocycles. The fraction of sp³-hybridized carbons (Fsp3) is 0.600. The molecule has 0 saturated carbocycles. The highest BCUT2D eigenvalue weighted by molar-refractivity contribution is 5.44. The van der Waals surface area contributed by atoms with Crippen LogP contribution in [0, 0.1) is 0 Å². The van der Waals surface area contributed by atoms with Gasteiger partial charge in [0.15, 0.2) is 11.6 Å². The molecule has 1 fully saturated rings. The molecule has 0 spiro atoms. The fourth-order valence-corrected chi connectivity index (χ4v) is 1.62. The van der Waals surface area contributed by atoms with Crippen molar-refractivity contribution in [2.75, 3.05) is 50.1 Å². The molecule has 0 unspecified atom stereocenters. The van der Waals surface area contributed by atoms with E-state index >= 15 is 0 Å². The van der Waals surface area contributed by atoms with E-state index < -0.39 is 0 Å². The Morgan fingerprint density at radius 3 is 2.47 bits per heavy atom. The summed E-state index contributed by atoms with van der Waals surface area (Å²) in [5.41, 5.74) is 0. The molecule has 0 amide bonds. The standard InChI is InChI=1S/C10H17N5/c1-14(2)9-3-4-10(13-12-9)15-7-5-11-6-8-15/h3-4,11H,5-8H2,1-2H3. The van der Waals surface area contributed by atoms with Crippen LogP contribution < -0.4 is 15.1 Å². The number of anilines is 2. The van der Waals surface area contributed by atoms with Gasteiger partial charge in [0, 0.05) is 40.3 Å². The first-order chi connectivity index (χ1) is 7.27. The van der Waals surface area contributed by atoms with Gasteiger partial charge < -0.3 is 15.1 Å². The van der Waals surface area contributed by atoms with Gasteiger partial charge in [-0.3, -0.25) is 0 Å². The topological polar surface area (TPSA) is 44.3 Å². The van der Waals surface area contributed by atoms with Crippen molar-refractivity contribution >= 4 is 11.6 Å². The SMILES string of the molecule is CN(C)c1ccc(N2CCNCC2)nn1. The van der Waals surface area contributed by atoms with Crippen LogP contribution in [0.4, 0.5) is 11.6 Å². The van der Waals surface area contributed by atoms with Gasteiger partial charge in [-0.1, -0.05) is 0 Å². The Morgan fingerprint density at radius 1 is 1.20 bits per heavy atom. The van der Waals surface area contributed by atoms with Crippen molar-refractivity contribution in [3.63, 3.8) is 0 Å². The van der Waals surface area contributed by atoms with Crippen LogP contribution in [0.15, 0.2) is 12.1 Å². The normalized spacial score (nSPS) is 16.5. The second kappa shape index (κ2) is 4.44. The van der Waals surface area contributed by atoms with Gasteiger partial charge in [0.1, 0.15) is 0 Å². The van der Waals surface area contributed by atoms with Crippen LogP contribution in [0.2, 0.25) is 0 Å². The highest BCUT2D eigenvalue weighted by Crippen LogP contribution is 2.13. The van der Waals surface area contributed by atoms with E-state index in [0.29, 0.717) is 0 Å². The van der Waals surface area contributed by atoms with Gasteiger partial charge in [0.25, 0.3) is 0 Å². The van der Waals surface area contributed by atoms with Crippen molar-refractivity contribution in [2.24, 2.45) is 0 Å². The van der Waals surface area contributed by atoms with E-state index in [1.54, 1.807) is 0 Å². The summed E-state index contributed by atoms with van der Waals surface area (Å²) in [6, 6.07) is 4.04. The summed E-state index contributed by atoms with van der Waals surface area (Å²) >= 11 is 0. The molecule has 0 radical (unpaired) electrons. The van der Waals surface area contributed by atoms with Crippen molar-refractivity contribution in [3.8, 4) is 0 Å². The molecule has 15 heavy (non-hydrogen) atoms. The molecule has 0 bridgehead atoms. The van der Waals surface area contributed by atoms with Crippen LogP contribution in [-0.4, -0.2) is 50.5 Å². The van der Waals surface area contributed by atoms with Gasteiger partial charge in [-0.25, -0.2) is 0 Å². The lowest BCUT2D eigenvalue weighted by atomic mass is 10.3. The van der Waals surface area contributed by atoms with Crippen molar-refractivity contribution in [1.29, 1.82) is 0 Å². The lowest BCUT2D eigenvalue weighted by Crippen LogP contribution is -2.44. The molecule has 1 N–H and O–H groups in total. The van der Waals surface area contributed by atoms with Crippen molar-refractivity contribution in [1.82, 2.24) is 15.5 Å². The van der Waals surface area contributed by atoms with Crippen molar-refractivity contribution < 1.29 is 0 Å². The third-order valence-corrected chi connectivity index (χ3v) is 2.54. The van der Waals surface area contributed by atoms with Crippen LogP contribution in [0.3, 0.4) is 0 Å². The minimum Gasteiger partial charge on any atom is -0.361 e. The molecular weight excluding hydrogens is 190 g/mol. The Labute approximate surface area is 90.1 Å². The van der Waals surface area contributed by atoms with E-state index in [1.165, 1.54) is 0 Å². The number of aromatic nitrogens is 2. The third-order valence-electron chi connectivity index (χ3n) is 2.54. The smallest absolute Gasteiger partial charge is 0.151 e.